The number of benzene rings is 2. The first-order chi connectivity index (χ1) is 17.5. The van der Waals surface area contributed by atoms with Crippen LogP contribution in [-0.2, 0) is 14.3 Å². The quantitative estimate of drug-likeness (QED) is 0.465. The van der Waals surface area contributed by atoms with Crippen LogP contribution in [0.3, 0.4) is 0 Å². The molecule has 1 aliphatic heterocycles. The van der Waals surface area contributed by atoms with Gasteiger partial charge in [-0.3, -0.25) is 4.79 Å². The number of nitrogens with one attached hydrogen (secondary N) is 2. The normalized spacial score (nSPS) is 16.5. The van der Waals surface area contributed by atoms with E-state index in [4.69, 9.17) is 14.7 Å². The van der Waals surface area contributed by atoms with E-state index in [0.717, 1.165) is 56.7 Å². The maximum atomic E-state index is 13.0. The van der Waals surface area contributed by atoms with Crippen molar-refractivity contribution < 1.29 is 19.1 Å². The van der Waals surface area contributed by atoms with Gasteiger partial charge >= 0.3 is 12.0 Å². The summed E-state index contributed by atoms with van der Waals surface area (Å²) in [5.41, 5.74) is 3.83. The molecule has 0 bridgehead atoms. The molecule has 2 aromatic carbocycles. The molecule has 8 heteroatoms. The van der Waals surface area contributed by atoms with E-state index >= 15 is 0 Å². The number of carbonyl (C=O) groups is 2. The highest BCUT2D eigenvalue weighted by Crippen LogP contribution is 2.46. The molecule has 1 aliphatic carbocycles. The molecule has 36 heavy (non-hydrogen) atoms. The minimum absolute atomic E-state index is 0.0618. The lowest BCUT2D eigenvalue weighted by Gasteiger charge is -2.36. The lowest BCUT2D eigenvalue weighted by atomic mass is 9.90. The summed E-state index contributed by atoms with van der Waals surface area (Å²) in [5.74, 6) is 0.293. The van der Waals surface area contributed by atoms with Crippen LogP contribution in [0.5, 0.6) is 0 Å². The van der Waals surface area contributed by atoms with Gasteiger partial charge in [-0.1, -0.05) is 6.07 Å². The highest BCUT2D eigenvalue weighted by Gasteiger charge is 2.35. The predicted octanol–water partition coefficient (Wildman–Crippen LogP) is 5.26. The summed E-state index contributed by atoms with van der Waals surface area (Å²) in [5, 5.41) is 14.9. The van der Waals surface area contributed by atoms with E-state index in [1.807, 2.05) is 6.07 Å². The van der Waals surface area contributed by atoms with Crippen LogP contribution in [0.15, 0.2) is 42.5 Å². The van der Waals surface area contributed by atoms with E-state index in [9.17, 15) is 9.59 Å². The molecule has 1 saturated carbocycles. The molecule has 0 radical (unpaired) electrons. The van der Waals surface area contributed by atoms with Crippen molar-refractivity contribution >= 4 is 29.1 Å². The molecule has 1 atom stereocenters. The lowest BCUT2D eigenvalue weighted by Crippen LogP contribution is -2.40. The van der Waals surface area contributed by atoms with Gasteiger partial charge in [-0.25, -0.2) is 4.79 Å². The first-order valence-corrected chi connectivity index (χ1v) is 12.7. The number of hydrogen-bond acceptors (Lipinski definition) is 6. The zero-order valence-electron chi connectivity index (χ0n) is 21.0. The fourth-order valence-electron chi connectivity index (χ4n) is 4.99. The third kappa shape index (κ3) is 6.35. The van der Waals surface area contributed by atoms with Gasteiger partial charge in [-0.05, 0) is 86.4 Å². The Morgan fingerprint density at radius 2 is 1.83 bits per heavy atom. The standard InChI is InChI=1S/C28H34N4O4/c1-3-32(23-12-14-36-15-13-23)26-11-8-21(24(20-6-7-20)17-27(33)35-2)16-25(26)31-28(34)30-22-9-4-19(18-29)5-10-22/h4-5,8-11,16,20,23-24H,3,6-7,12-15,17H2,1-2H3,(H2,30,31,34). The highest BCUT2D eigenvalue weighted by atomic mass is 16.5. The Hall–Kier alpha value is -3.57. The Morgan fingerprint density at radius 3 is 2.44 bits per heavy atom. The maximum absolute atomic E-state index is 13.0. The Kier molecular flexibility index (Phi) is 8.44. The van der Waals surface area contributed by atoms with Crippen LogP contribution < -0.4 is 15.5 Å². The van der Waals surface area contributed by atoms with Crippen molar-refractivity contribution in [1.29, 1.82) is 5.26 Å². The number of esters is 1. The molecule has 1 unspecified atom stereocenters. The van der Waals surface area contributed by atoms with E-state index in [1.54, 1.807) is 24.3 Å². The van der Waals surface area contributed by atoms with Gasteiger partial charge < -0.3 is 25.0 Å². The van der Waals surface area contributed by atoms with Gasteiger partial charge in [0.25, 0.3) is 0 Å². The number of nitriles is 1. The van der Waals surface area contributed by atoms with Crippen LogP contribution in [-0.4, -0.2) is 44.9 Å². The number of nitrogens with zero attached hydrogens (tertiary/aromatic N) is 2. The third-order valence-corrected chi connectivity index (χ3v) is 7.06. The van der Waals surface area contributed by atoms with Crippen LogP contribution in [0.4, 0.5) is 21.9 Å². The van der Waals surface area contributed by atoms with E-state index in [-0.39, 0.29) is 17.9 Å². The molecule has 0 aromatic heterocycles. The molecule has 4 rings (SSSR count). The zero-order chi connectivity index (χ0) is 25.5. The second kappa shape index (κ2) is 11.9. The molecule has 0 spiro atoms. The predicted molar refractivity (Wildman–Crippen MR) is 139 cm³/mol. The summed E-state index contributed by atoms with van der Waals surface area (Å²) in [6, 6.07) is 15.0. The number of urea groups is 1. The molecule has 2 aliphatic rings. The summed E-state index contributed by atoms with van der Waals surface area (Å²) in [7, 11) is 1.42. The zero-order valence-corrected chi connectivity index (χ0v) is 21.0. The number of anilines is 3. The first kappa shape index (κ1) is 25.5. The highest BCUT2D eigenvalue weighted by molar-refractivity contribution is 6.02. The molecule has 190 valence electrons. The van der Waals surface area contributed by atoms with Gasteiger partial charge in [0.1, 0.15) is 0 Å². The lowest BCUT2D eigenvalue weighted by molar-refractivity contribution is -0.141. The molecule has 2 aromatic rings. The van der Waals surface area contributed by atoms with Crippen LogP contribution >= 0.6 is 0 Å². The van der Waals surface area contributed by atoms with Gasteiger partial charge in [0, 0.05) is 31.5 Å². The molecule has 2 fully saturated rings. The Labute approximate surface area is 212 Å². The van der Waals surface area contributed by atoms with Crippen LogP contribution in [0, 0.1) is 17.2 Å². The molecule has 1 heterocycles. The van der Waals surface area contributed by atoms with Gasteiger partial charge in [0.15, 0.2) is 0 Å². The van der Waals surface area contributed by atoms with Crippen LogP contribution in [0.25, 0.3) is 0 Å². The number of carbonyl (C=O) groups excluding carboxylic acids is 2. The number of ether oxygens (including phenoxy) is 2. The van der Waals surface area contributed by atoms with Crippen molar-refractivity contribution in [2.45, 2.75) is 51.0 Å². The van der Waals surface area contributed by atoms with E-state index in [1.165, 1.54) is 7.11 Å². The minimum atomic E-state index is -0.364. The topological polar surface area (TPSA) is 104 Å². The van der Waals surface area contributed by atoms with Crippen molar-refractivity contribution in [3.8, 4) is 6.07 Å². The summed E-state index contributed by atoms with van der Waals surface area (Å²) >= 11 is 0. The minimum Gasteiger partial charge on any atom is -0.469 e. The van der Waals surface area contributed by atoms with Crippen molar-refractivity contribution in [2.75, 3.05) is 42.4 Å². The largest absolute Gasteiger partial charge is 0.469 e. The maximum Gasteiger partial charge on any atom is 0.323 e. The van der Waals surface area contributed by atoms with Crippen LogP contribution in [0.2, 0.25) is 0 Å². The fraction of sp³-hybridized carbons (Fsp3) is 0.464. The average Bonchev–Trinajstić information content (AvgIpc) is 3.75. The van der Waals surface area contributed by atoms with E-state index in [0.29, 0.717) is 35.3 Å². The Morgan fingerprint density at radius 1 is 1.11 bits per heavy atom. The third-order valence-electron chi connectivity index (χ3n) is 7.06. The number of amides is 2. The second-order valence-electron chi connectivity index (χ2n) is 9.40. The van der Waals surface area contributed by atoms with Crippen molar-refractivity contribution in [3.05, 3.63) is 53.6 Å². The van der Waals surface area contributed by atoms with E-state index < -0.39 is 0 Å². The molecule has 8 nitrogen and oxygen atoms in total. The molecule has 2 amide bonds. The average molecular weight is 491 g/mol. The monoisotopic (exact) mass is 490 g/mol. The van der Waals surface area contributed by atoms with Gasteiger partial charge in [-0.2, -0.15) is 5.26 Å². The summed E-state index contributed by atoms with van der Waals surface area (Å²) in [6.07, 6.45) is 4.37. The second-order valence-corrected chi connectivity index (χ2v) is 9.40. The molecular weight excluding hydrogens is 456 g/mol. The fourth-order valence-corrected chi connectivity index (χ4v) is 4.99. The summed E-state index contributed by atoms with van der Waals surface area (Å²) in [4.78, 5) is 27.5. The van der Waals surface area contributed by atoms with Gasteiger partial charge in [0.2, 0.25) is 0 Å². The molecule has 2 N–H and O–H groups in total. The van der Waals surface area contributed by atoms with E-state index in [2.05, 4.69) is 40.7 Å². The molecule has 1 saturated heterocycles. The smallest absolute Gasteiger partial charge is 0.323 e. The Balaban J connectivity index is 1.62. The summed E-state index contributed by atoms with van der Waals surface area (Å²) in [6.45, 7) is 4.37. The van der Waals surface area contributed by atoms with Crippen molar-refractivity contribution in [1.82, 2.24) is 0 Å². The van der Waals surface area contributed by atoms with Crippen LogP contribution in [0.1, 0.15) is 56.1 Å². The summed E-state index contributed by atoms with van der Waals surface area (Å²) < 4.78 is 10.5. The van der Waals surface area contributed by atoms with Gasteiger partial charge in [0.05, 0.1) is 36.5 Å². The van der Waals surface area contributed by atoms with Gasteiger partial charge in [-0.15, -0.1) is 0 Å². The number of methoxy groups -OCH3 is 1. The molecular formula is C28H34N4O4. The van der Waals surface area contributed by atoms with Crippen molar-refractivity contribution in [2.24, 2.45) is 5.92 Å². The first-order valence-electron chi connectivity index (χ1n) is 12.7. The SMILES string of the molecule is CCN(c1ccc(C(CC(=O)OC)C2CC2)cc1NC(=O)Nc1ccc(C#N)cc1)C1CCOCC1. The number of hydrogen-bond donors (Lipinski definition) is 2. The van der Waals surface area contributed by atoms with Crippen molar-refractivity contribution in [3.63, 3.8) is 0 Å². The number of rotatable bonds is 9. The Bertz CT molecular complexity index is 1100.